The standard InChI is InChI=1S/C20H41N5OS/c1-17(2)25(18(3)4)9-6-8-22-19(21-5)23-15-20(7-14-27-16-20)24-10-12-26-13-11-24/h17-18H,6-16H2,1-5H3,(H2,21,22,23). The molecule has 0 aromatic carbocycles. The molecule has 2 aliphatic rings. The summed E-state index contributed by atoms with van der Waals surface area (Å²) in [5, 5.41) is 7.12. The molecular weight excluding hydrogens is 358 g/mol. The van der Waals surface area contributed by atoms with Crippen molar-refractivity contribution in [1.82, 2.24) is 20.4 Å². The Morgan fingerprint density at radius 3 is 2.44 bits per heavy atom. The second kappa shape index (κ2) is 11.5. The summed E-state index contributed by atoms with van der Waals surface area (Å²) in [5.74, 6) is 3.39. The first kappa shape index (κ1) is 22.8. The van der Waals surface area contributed by atoms with Crippen LogP contribution in [0, 0.1) is 0 Å². The summed E-state index contributed by atoms with van der Waals surface area (Å²) < 4.78 is 5.56. The highest BCUT2D eigenvalue weighted by atomic mass is 32.2. The van der Waals surface area contributed by atoms with Gasteiger partial charge < -0.3 is 15.4 Å². The van der Waals surface area contributed by atoms with Gasteiger partial charge in [0.15, 0.2) is 5.96 Å². The third kappa shape index (κ3) is 6.80. The van der Waals surface area contributed by atoms with Crippen LogP contribution in [0.1, 0.15) is 40.5 Å². The molecule has 158 valence electrons. The second-order valence-corrected chi connectivity index (χ2v) is 9.36. The number of ether oxygens (including phenoxy) is 1. The molecule has 2 saturated heterocycles. The highest BCUT2D eigenvalue weighted by molar-refractivity contribution is 7.99. The summed E-state index contributed by atoms with van der Waals surface area (Å²) in [6.45, 7) is 16.0. The average Bonchev–Trinajstić information content (AvgIpc) is 3.14. The number of hydrogen-bond donors (Lipinski definition) is 2. The van der Waals surface area contributed by atoms with Crippen molar-refractivity contribution in [2.45, 2.75) is 58.2 Å². The van der Waals surface area contributed by atoms with E-state index in [-0.39, 0.29) is 5.54 Å². The van der Waals surface area contributed by atoms with Crippen LogP contribution in [0.2, 0.25) is 0 Å². The van der Waals surface area contributed by atoms with Gasteiger partial charge >= 0.3 is 0 Å². The number of nitrogens with one attached hydrogen (secondary N) is 2. The maximum atomic E-state index is 5.56. The van der Waals surface area contributed by atoms with Gasteiger partial charge in [-0.05, 0) is 46.3 Å². The van der Waals surface area contributed by atoms with Gasteiger partial charge in [-0.1, -0.05) is 0 Å². The van der Waals surface area contributed by atoms with Gasteiger partial charge in [-0.3, -0.25) is 14.8 Å². The highest BCUT2D eigenvalue weighted by Crippen LogP contribution is 2.33. The lowest BCUT2D eigenvalue weighted by Gasteiger charge is -2.43. The zero-order valence-electron chi connectivity index (χ0n) is 18.1. The number of nitrogens with zero attached hydrogens (tertiary/aromatic N) is 3. The maximum absolute atomic E-state index is 5.56. The van der Waals surface area contributed by atoms with E-state index in [1.165, 1.54) is 17.9 Å². The van der Waals surface area contributed by atoms with Crippen LogP contribution >= 0.6 is 11.8 Å². The Bertz CT molecular complexity index is 438. The Morgan fingerprint density at radius 2 is 1.89 bits per heavy atom. The molecule has 0 aromatic rings. The van der Waals surface area contributed by atoms with Gasteiger partial charge in [0.25, 0.3) is 0 Å². The fourth-order valence-electron chi connectivity index (χ4n) is 4.18. The van der Waals surface area contributed by atoms with Gasteiger partial charge in [0.2, 0.25) is 0 Å². The fraction of sp³-hybridized carbons (Fsp3) is 0.950. The van der Waals surface area contributed by atoms with Crippen LogP contribution in [0.3, 0.4) is 0 Å². The quantitative estimate of drug-likeness (QED) is 0.351. The predicted octanol–water partition coefficient (Wildman–Crippen LogP) is 1.87. The van der Waals surface area contributed by atoms with E-state index < -0.39 is 0 Å². The molecule has 7 heteroatoms. The Morgan fingerprint density at radius 1 is 1.19 bits per heavy atom. The van der Waals surface area contributed by atoms with Crippen LogP contribution in [0.5, 0.6) is 0 Å². The topological polar surface area (TPSA) is 52.1 Å². The third-order valence-corrected chi connectivity index (χ3v) is 7.02. The highest BCUT2D eigenvalue weighted by Gasteiger charge is 2.40. The average molecular weight is 400 g/mol. The van der Waals surface area contributed by atoms with Crippen molar-refractivity contribution in [2.75, 3.05) is 64.5 Å². The van der Waals surface area contributed by atoms with E-state index in [1.807, 2.05) is 7.05 Å². The van der Waals surface area contributed by atoms with E-state index in [1.54, 1.807) is 0 Å². The minimum absolute atomic E-state index is 0.248. The van der Waals surface area contributed by atoms with Crippen LogP contribution in [0.15, 0.2) is 4.99 Å². The summed E-state index contributed by atoms with van der Waals surface area (Å²) in [5.41, 5.74) is 0.248. The molecule has 2 rings (SSSR count). The summed E-state index contributed by atoms with van der Waals surface area (Å²) in [4.78, 5) is 9.62. The SMILES string of the molecule is CN=C(NCCCN(C(C)C)C(C)C)NCC1(N2CCOCC2)CCSC1. The Balaban J connectivity index is 1.77. The first-order valence-electron chi connectivity index (χ1n) is 10.6. The monoisotopic (exact) mass is 399 g/mol. The van der Waals surface area contributed by atoms with E-state index in [9.17, 15) is 0 Å². The van der Waals surface area contributed by atoms with Crippen molar-refractivity contribution in [3.8, 4) is 0 Å². The van der Waals surface area contributed by atoms with E-state index in [0.29, 0.717) is 12.1 Å². The predicted molar refractivity (Wildman–Crippen MR) is 118 cm³/mol. The molecule has 2 fully saturated rings. The van der Waals surface area contributed by atoms with Gasteiger partial charge in [-0.2, -0.15) is 11.8 Å². The van der Waals surface area contributed by atoms with Crippen molar-refractivity contribution < 1.29 is 4.74 Å². The number of morpholine rings is 1. The van der Waals surface area contributed by atoms with Crippen molar-refractivity contribution in [3.05, 3.63) is 0 Å². The Hall–Kier alpha value is -0.500. The molecule has 2 heterocycles. The number of thioether (sulfide) groups is 1. The van der Waals surface area contributed by atoms with E-state index in [0.717, 1.165) is 58.3 Å². The van der Waals surface area contributed by atoms with E-state index in [2.05, 4.69) is 64.9 Å². The van der Waals surface area contributed by atoms with Gasteiger partial charge in [0.1, 0.15) is 0 Å². The minimum atomic E-state index is 0.248. The molecule has 1 atom stereocenters. The summed E-state index contributed by atoms with van der Waals surface area (Å²) in [6, 6.07) is 1.19. The zero-order valence-corrected chi connectivity index (χ0v) is 18.9. The lowest BCUT2D eigenvalue weighted by molar-refractivity contribution is -0.0120. The van der Waals surface area contributed by atoms with Crippen molar-refractivity contribution in [3.63, 3.8) is 0 Å². The molecule has 6 nitrogen and oxygen atoms in total. The summed E-state index contributed by atoms with van der Waals surface area (Å²) in [6.07, 6.45) is 2.38. The smallest absolute Gasteiger partial charge is 0.191 e. The lowest BCUT2D eigenvalue weighted by Crippen LogP contribution is -2.60. The van der Waals surface area contributed by atoms with Crippen molar-refractivity contribution in [2.24, 2.45) is 4.99 Å². The molecule has 2 aliphatic heterocycles. The normalized spacial score (nSPS) is 25.0. The van der Waals surface area contributed by atoms with Crippen LogP contribution in [-0.2, 0) is 4.74 Å². The van der Waals surface area contributed by atoms with E-state index in [4.69, 9.17) is 4.74 Å². The van der Waals surface area contributed by atoms with Crippen LogP contribution in [0.4, 0.5) is 0 Å². The number of guanidine groups is 1. The Kier molecular flexibility index (Phi) is 9.70. The molecule has 0 aromatic heterocycles. The number of rotatable bonds is 9. The van der Waals surface area contributed by atoms with Gasteiger partial charge in [0.05, 0.1) is 13.2 Å². The largest absolute Gasteiger partial charge is 0.379 e. The molecule has 0 spiro atoms. The maximum Gasteiger partial charge on any atom is 0.191 e. The first-order valence-corrected chi connectivity index (χ1v) is 11.7. The van der Waals surface area contributed by atoms with Gasteiger partial charge in [-0.25, -0.2) is 0 Å². The molecule has 2 N–H and O–H groups in total. The molecule has 27 heavy (non-hydrogen) atoms. The fourth-order valence-corrected chi connectivity index (χ4v) is 5.66. The molecule has 0 amide bonds. The molecule has 1 unspecified atom stereocenters. The van der Waals surface area contributed by atoms with E-state index >= 15 is 0 Å². The lowest BCUT2D eigenvalue weighted by atomic mass is 9.95. The first-order chi connectivity index (χ1) is 13.0. The number of hydrogen-bond acceptors (Lipinski definition) is 5. The molecule has 0 aliphatic carbocycles. The zero-order chi connectivity index (χ0) is 19.7. The molecule has 0 bridgehead atoms. The summed E-state index contributed by atoms with van der Waals surface area (Å²) >= 11 is 2.08. The van der Waals surface area contributed by atoms with Gasteiger partial charge in [0, 0.05) is 63.1 Å². The molecule has 0 saturated carbocycles. The minimum Gasteiger partial charge on any atom is -0.379 e. The summed E-state index contributed by atoms with van der Waals surface area (Å²) in [7, 11) is 1.87. The molecule has 0 radical (unpaired) electrons. The second-order valence-electron chi connectivity index (χ2n) is 8.26. The van der Waals surface area contributed by atoms with Crippen LogP contribution < -0.4 is 10.6 Å². The van der Waals surface area contributed by atoms with Crippen LogP contribution in [0.25, 0.3) is 0 Å². The molecular formula is C20H41N5OS. The van der Waals surface area contributed by atoms with Crippen molar-refractivity contribution >= 4 is 17.7 Å². The van der Waals surface area contributed by atoms with Crippen molar-refractivity contribution in [1.29, 1.82) is 0 Å². The Labute approximate surface area is 170 Å². The third-order valence-electron chi connectivity index (χ3n) is 5.79. The van der Waals surface area contributed by atoms with Gasteiger partial charge in [-0.15, -0.1) is 0 Å². The number of aliphatic imine (C=N–C) groups is 1. The van der Waals surface area contributed by atoms with Crippen LogP contribution in [-0.4, -0.2) is 97.9 Å².